The smallest absolute Gasteiger partial charge is 0.317 e. The van der Waals surface area contributed by atoms with E-state index in [4.69, 9.17) is 15.3 Å². The molecular formula is C15H24O6. The second-order valence-corrected chi connectivity index (χ2v) is 4.93. The molecule has 21 heavy (non-hydrogen) atoms. The molecule has 0 heterocycles. The van der Waals surface area contributed by atoms with Crippen molar-refractivity contribution in [1.82, 2.24) is 0 Å². The van der Waals surface area contributed by atoms with E-state index in [1.165, 1.54) is 0 Å². The zero-order chi connectivity index (χ0) is 17.0. The summed E-state index contributed by atoms with van der Waals surface area (Å²) in [6.07, 6.45) is 2.34. The second kappa shape index (κ2) is 11.7. The number of carbonyl (C=O) groups is 3. The molecule has 0 rings (SSSR count). The molecule has 6 nitrogen and oxygen atoms in total. The van der Waals surface area contributed by atoms with Gasteiger partial charge in [0.15, 0.2) is 5.92 Å². The van der Waals surface area contributed by atoms with Crippen LogP contribution in [0.5, 0.6) is 0 Å². The minimum atomic E-state index is -1.30. The van der Waals surface area contributed by atoms with Crippen molar-refractivity contribution in [1.29, 1.82) is 0 Å². The largest absolute Gasteiger partial charge is 0.481 e. The third-order valence-corrected chi connectivity index (χ3v) is 2.45. The monoisotopic (exact) mass is 300 g/mol. The first-order valence-electron chi connectivity index (χ1n) is 6.54. The average Bonchev–Trinajstić information content (AvgIpc) is 2.27. The van der Waals surface area contributed by atoms with Gasteiger partial charge in [-0.05, 0) is 39.5 Å². The van der Waals surface area contributed by atoms with Crippen molar-refractivity contribution in [2.75, 3.05) is 0 Å². The lowest BCUT2D eigenvalue weighted by Gasteiger charge is -2.05. The molecule has 0 saturated heterocycles. The maximum Gasteiger partial charge on any atom is 0.317 e. The van der Waals surface area contributed by atoms with Gasteiger partial charge >= 0.3 is 17.9 Å². The first-order valence-corrected chi connectivity index (χ1v) is 6.54. The van der Waals surface area contributed by atoms with Crippen molar-refractivity contribution in [3.8, 4) is 0 Å². The van der Waals surface area contributed by atoms with E-state index >= 15 is 0 Å². The van der Waals surface area contributed by atoms with Crippen molar-refractivity contribution in [3.63, 3.8) is 0 Å². The predicted octanol–water partition coefficient (Wildman–Crippen LogP) is 2.95. The number of hydrogen-bond donors (Lipinski definition) is 3. The van der Waals surface area contributed by atoms with Crippen molar-refractivity contribution in [2.24, 2.45) is 5.92 Å². The van der Waals surface area contributed by atoms with Gasteiger partial charge in [0.1, 0.15) is 0 Å². The van der Waals surface area contributed by atoms with Gasteiger partial charge in [-0.1, -0.05) is 11.1 Å². The minimum Gasteiger partial charge on any atom is -0.481 e. The van der Waals surface area contributed by atoms with Gasteiger partial charge in [0.25, 0.3) is 0 Å². The molecule has 0 saturated carbocycles. The molecule has 0 radical (unpaired) electrons. The minimum absolute atomic E-state index is 0.111. The van der Waals surface area contributed by atoms with Crippen LogP contribution >= 0.6 is 0 Å². The van der Waals surface area contributed by atoms with Crippen LogP contribution in [-0.4, -0.2) is 33.2 Å². The molecule has 0 aliphatic carbocycles. The lowest BCUT2D eigenvalue weighted by molar-refractivity contribution is -0.154. The Morgan fingerprint density at radius 1 is 0.857 bits per heavy atom. The normalized spacial score (nSPS) is 9.48. The van der Waals surface area contributed by atoms with Crippen LogP contribution in [-0.2, 0) is 14.4 Å². The van der Waals surface area contributed by atoms with Crippen LogP contribution < -0.4 is 0 Å². The Hall–Kier alpha value is -2.11. The topological polar surface area (TPSA) is 112 Å². The summed E-state index contributed by atoms with van der Waals surface area (Å²) in [6, 6.07) is 0. The van der Waals surface area contributed by atoms with E-state index in [2.05, 4.69) is 13.2 Å². The van der Waals surface area contributed by atoms with Gasteiger partial charge in [-0.25, -0.2) is 0 Å². The van der Waals surface area contributed by atoms with E-state index in [1.807, 2.05) is 6.92 Å². The van der Waals surface area contributed by atoms with Gasteiger partial charge in [-0.15, -0.1) is 13.2 Å². The molecule has 120 valence electrons. The molecule has 0 aromatic carbocycles. The summed E-state index contributed by atoms with van der Waals surface area (Å²) in [5, 5.41) is 25.1. The molecule has 0 unspecified atom stereocenters. The van der Waals surface area contributed by atoms with Gasteiger partial charge < -0.3 is 15.3 Å². The third kappa shape index (κ3) is 15.8. The van der Waals surface area contributed by atoms with E-state index in [0.29, 0.717) is 12.8 Å². The Kier molecular flexibility index (Phi) is 11.8. The molecule has 0 bridgehead atoms. The van der Waals surface area contributed by atoms with Crippen LogP contribution in [0.25, 0.3) is 0 Å². The summed E-state index contributed by atoms with van der Waals surface area (Å²) in [6.45, 7) is 10.9. The van der Waals surface area contributed by atoms with E-state index in [0.717, 1.165) is 17.6 Å². The lowest BCUT2D eigenvalue weighted by atomic mass is 10.0. The highest BCUT2D eigenvalue weighted by atomic mass is 16.4. The highest BCUT2D eigenvalue weighted by molar-refractivity contribution is 5.92. The van der Waals surface area contributed by atoms with Crippen molar-refractivity contribution in [3.05, 3.63) is 24.3 Å². The fraction of sp³-hybridized carbons (Fsp3) is 0.533. The molecule has 0 aliphatic rings. The number of aliphatic carboxylic acids is 3. The fourth-order valence-corrected chi connectivity index (χ4v) is 1.28. The fourth-order valence-electron chi connectivity index (χ4n) is 1.28. The number of hydrogen-bond acceptors (Lipinski definition) is 3. The maximum atomic E-state index is 10.3. The number of carboxylic acids is 3. The zero-order valence-electron chi connectivity index (χ0n) is 12.6. The Labute approximate surface area is 124 Å². The molecule has 3 N–H and O–H groups in total. The van der Waals surface area contributed by atoms with E-state index < -0.39 is 23.8 Å². The Bertz CT molecular complexity index is 369. The molecule has 0 amide bonds. The molecule has 0 aromatic rings. The predicted molar refractivity (Wildman–Crippen MR) is 79.1 cm³/mol. The first-order chi connectivity index (χ1) is 9.57. The summed E-state index contributed by atoms with van der Waals surface area (Å²) in [5.41, 5.74) is 1.85. The van der Waals surface area contributed by atoms with E-state index in [9.17, 15) is 14.4 Å². The van der Waals surface area contributed by atoms with Crippen molar-refractivity contribution < 1.29 is 29.7 Å². The quantitative estimate of drug-likeness (QED) is 0.446. The number of carboxylic acid groups (broad SMARTS) is 3. The van der Waals surface area contributed by atoms with Crippen LogP contribution in [0.4, 0.5) is 0 Å². The van der Waals surface area contributed by atoms with Gasteiger partial charge in [-0.3, -0.25) is 14.4 Å². The summed E-state index contributed by atoms with van der Waals surface area (Å²) in [7, 11) is 0. The number of rotatable bonds is 9. The summed E-state index contributed by atoms with van der Waals surface area (Å²) >= 11 is 0. The first kappa shape index (κ1) is 21.2. The van der Waals surface area contributed by atoms with Gasteiger partial charge in [0.05, 0.1) is 0 Å². The van der Waals surface area contributed by atoms with Crippen LogP contribution in [0.2, 0.25) is 0 Å². The molecular weight excluding hydrogens is 276 g/mol. The van der Waals surface area contributed by atoms with Crippen LogP contribution in [0.3, 0.4) is 0 Å². The maximum absolute atomic E-state index is 10.3. The lowest BCUT2D eigenvalue weighted by Crippen LogP contribution is -2.23. The number of allylic oxidation sites excluding steroid dienone is 2. The average molecular weight is 300 g/mol. The van der Waals surface area contributed by atoms with E-state index in [1.54, 1.807) is 6.92 Å². The Balaban J connectivity index is 0. The highest BCUT2D eigenvalue weighted by Gasteiger charge is 2.24. The molecule has 0 atom stereocenters. The molecule has 0 aliphatic heterocycles. The zero-order valence-corrected chi connectivity index (χ0v) is 12.6. The summed E-state index contributed by atoms with van der Waals surface area (Å²) in [4.78, 5) is 30.6. The standard InChI is InChI=1S/C8H12O4.C7H12O2/c1-5(2)3-4-6(7(9)10)8(11)12;1-6(2)4-3-5-7(8)9/h6H,1,3-4H2,2H3,(H,9,10)(H,11,12);1,3-5H2,2H3,(H,8,9). The van der Waals surface area contributed by atoms with Crippen LogP contribution in [0, 0.1) is 5.92 Å². The van der Waals surface area contributed by atoms with Crippen molar-refractivity contribution in [2.45, 2.75) is 46.0 Å². The van der Waals surface area contributed by atoms with Crippen LogP contribution in [0.1, 0.15) is 46.0 Å². The molecule has 6 heteroatoms. The van der Waals surface area contributed by atoms with E-state index in [-0.39, 0.29) is 12.8 Å². The summed E-state index contributed by atoms with van der Waals surface area (Å²) in [5.74, 6) is -4.61. The highest BCUT2D eigenvalue weighted by Crippen LogP contribution is 2.11. The van der Waals surface area contributed by atoms with Gasteiger partial charge in [-0.2, -0.15) is 0 Å². The molecule has 0 fully saturated rings. The van der Waals surface area contributed by atoms with Crippen LogP contribution in [0.15, 0.2) is 24.3 Å². The third-order valence-electron chi connectivity index (χ3n) is 2.45. The van der Waals surface area contributed by atoms with Gasteiger partial charge in [0, 0.05) is 6.42 Å². The second-order valence-electron chi connectivity index (χ2n) is 4.93. The Morgan fingerprint density at radius 3 is 1.57 bits per heavy atom. The van der Waals surface area contributed by atoms with Gasteiger partial charge in [0.2, 0.25) is 0 Å². The Morgan fingerprint density at radius 2 is 1.29 bits per heavy atom. The summed E-state index contributed by atoms with van der Waals surface area (Å²) < 4.78 is 0. The SMILES string of the molecule is C=C(C)CCC(C(=O)O)C(=O)O.C=C(C)CCCC(=O)O. The molecule has 0 spiro atoms. The van der Waals surface area contributed by atoms with Crippen molar-refractivity contribution >= 4 is 17.9 Å². The molecule has 0 aromatic heterocycles.